The summed E-state index contributed by atoms with van der Waals surface area (Å²) in [6, 6.07) is 15.2. The number of hydrogen-bond donors (Lipinski definition) is 1. The van der Waals surface area contributed by atoms with Crippen LogP contribution < -0.4 is 9.47 Å². The molecule has 0 aromatic heterocycles. The molecular weight excluding hydrogens is 278 g/mol. The van der Waals surface area contributed by atoms with Crippen molar-refractivity contribution in [2.45, 2.75) is 19.8 Å². The van der Waals surface area contributed by atoms with Crippen molar-refractivity contribution in [2.75, 3.05) is 13.4 Å². The molecule has 0 aliphatic rings. The van der Waals surface area contributed by atoms with Crippen LogP contribution in [-0.4, -0.2) is 24.7 Å². The Bertz CT molecular complexity index is 597. The SMILES string of the molecule is CCCCOc1ccc(N=Cc2ccccc2)c(OCO)c1. The van der Waals surface area contributed by atoms with Gasteiger partial charge in [0.1, 0.15) is 11.4 Å². The lowest BCUT2D eigenvalue weighted by atomic mass is 10.2. The average Bonchev–Trinajstić information content (AvgIpc) is 2.56. The van der Waals surface area contributed by atoms with Crippen LogP contribution in [0.3, 0.4) is 0 Å². The second-order valence-electron chi connectivity index (χ2n) is 4.77. The quantitative estimate of drug-likeness (QED) is 0.456. The first-order valence-corrected chi connectivity index (χ1v) is 7.43. The second kappa shape index (κ2) is 8.85. The predicted octanol–water partition coefficient (Wildman–Crippen LogP) is 3.94. The smallest absolute Gasteiger partial charge is 0.186 e. The van der Waals surface area contributed by atoms with Gasteiger partial charge in [-0.2, -0.15) is 0 Å². The Morgan fingerprint density at radius 1 is 1.09 bits per heavy atom. The van der Waals surface area contributed by atoms with Gasteiger partial charge in [-0.25, -0.2) is 0 Å². The molecule has 116 valence electrons. The van der Waals surface area contributed by atoms with Crippen LogP contribution in [0.2, 0.25) is 0 Å². The van der Waals surface area contributed by atoms with Crippen LogP contribution in [0, 0.1) is 0 Å². The first-order valence-electron chi connectivity index (χ1n) is 7.43. The highest BCUT2D eigenvalue weighted by molar-refractivity contribution is 5.82. The van der Waals surface area contributed by atoms with E-state index in [1.807, 2.05) is 42.5 Å². The van der Waals surface area contributed by atoms with Crippen LogP contribution in [0.15, 0.2) is 53.5 Å². The Morgan fingerprint density at radius 3 is 2.64 bits per heavy atom. The van der Waals surface area contributed by atoms with Gasteiger partial charge in [-0.15, -0.1) is 0 Å². The summed E-state index contributed by atoms with van der Waals surface area (Å²) in [5.41, 5.74) is 1.65. The highest BCUT2D eigenvalue weighted by Gasteiger charge is 2.05. The van der Waals surface area contributed by atoms with E-state index in [-0.39, 0.29) is 0 Å². The zero-order chi connectivity index (χ0) is 15.6. The maximum absolute atomic E-state index is 9.02. The van der Waals surface area contributed by atoms with E-state index in [2.05, 4.69) is 11.9 Å². The summed E-state index contributed by atoms with van der Waals surface area (Å²) < 4.78 is 10.9. The molecule has 0 saturated heterocycles. The summed E-state index contributed by atoms with van der Waals surface area (Å²) in [6.45, 7) is 2.39. The maximum atomic E-state index is 9.02. The van der Waals surface area contributed by atoms with Gasteiger partial charge >= 0.3 is 0 Å². The Kier molecular flexibility index (Phi) is 6.45. The molecule has 4 heteroatoms. The number of rotatable bonds is 8. The van der Waals surface area contributed by atoms with Gasteiger partial charge < -0.3 is 14.6 Å². The summed E-state index contributed by atoms with van der Waals surface area (Å²) in [7, 11) is 0. The third kappa shape index (κ3) is 4.90. The van der Waals surface area contributed by atoms with Gasteiger partial charge in [0.25, 0.3) is 0 Å². The van der Waals surface area contributed by atoms with Crippen LogP contribution in [0.25, 0.3) is 0 Å². The average molecular weight is 299 g/mol. The predicted molar refractivity (Wildman–Crippen MR) is 88.3 cm³/mol. The van der Waals surface area contributed by atoms with Gasteiger partial charge in [0.05, 0.1) is 6.61 Å². The number of nitrogens with zero attached hydrogens (tertiary/aromatic N) is 1. The number of aliphatic imine (C=N–C) groups is 1. The van der Waals surface area contributed by atoms with Crippen molar-refractivity contribution in [3.8, 4) is 11.5 Å². The second-order valence-corrected chi connectivity index (χ2v) is 4.77. The first kappa shape index (κ1) is 16.0. The minimum absolute atomic E-state index is 0.397. The summed E-state index contributed by atoms with van der Waals surface area (Å²) in [5.74, 6) is 1.22. The van der Waals surface area contributed by atoms with E-state index in [1.165, 1.54) is 0 Å². The highest BCUT2D eigenvalue weighted by atomic mass is 16.6. The molecular formula is C18H21NO3. The first-order chi connectivity index (χ1) is 10.8. The van der Waals surface area contributed by atoms with Crippen LogP contribution in [0.5, 0.6) is 11.5 Å². The molecule has 0 heterocycles. The molecule has 4 nitrogen and oxygen atoms in total. The van der Waals surface area contributed by atoms with Crippen LogP contribution >= 0.6 is 0 Å². The zero-order valence-electron chi connectivity index (χ0n) is 12.7. The molecule has 0 spiro atoms. The normalized spacial score (nSPS) is 10.8. The van der Waals surface area contributed by atoms with Crippen molar-refractivity contribution >= 4 is 11.9 Å². The molecule has 0 bridgehead atoms. The van der Waals surface area contributed by atoms with Crippen molar-refractivity contribution in [3.63, 3.8) is 0 Å². The van der Waals surface area contributed by atoms with E-state index < -0.39 is 6.79 Å². The Hall–Kier alpha value is -2.33. The molecule has 2 aromatic rings. The van der Waals surface area contributed by atoms with Gasteiger partial charge in [0.2, 0.25) is 0 Å². The van der Waals surface area contributed by atoms with Crippen molar-refractivity contribution in [3.05, 3.63) is 54.1 Å². The van der Waals surface area contributed by atoms with Gasteiger partial charge in [-0.1, -0.05) is 43.7 Å². The minimum Gasteiger partial charge on any atom is -0.493 e. The van der Waals surface area contributed by atoms with Gasteiger partial charge in [0.15, 0.2) is 12.5 Å². The topological polar surface area (TPSA) is 51.0 Å². The fourth-order valence-corrected chi connectivity index (χ4v) is 1.89. The monoisotopic (exact) mass is 299 g/mol. The molecule has 1 N–H and O–H groups in total. The van der Waals surface area contributed by atoms with Crippen LogP contribution in [-0.2, 0) is 0 Å². The zero-order valence-corrected chi connectivity index (χ0v) is 12.7. The summed E-state index contributed by atoms with van der Waals surface area (Å²) in [4.78, 5) is 4.42. The number of aliphatic hydroxyl groups is 1. The summed E-state index contributed by atoms with van der Waals surface area (Å²) in [6.07, 6.45) is 3.85. The number of hydrogen-bond acceptors (Lipinski definition) is 4. The van der Waals surface area contributed by atoms with E-state index in [1.54, 1.807) is 12.3 Å². The molecule has 0 fully saturated rings. The van der Waals surface area contributed by atoms with E-state index in [0.29, 0.717) is 18.0 Å². The number of benzene rings is 2. The highest BCUT2D eigenvalue weighted by Crippen LogP contribution is 2.31. The molecule has 0 aliphatic carbocycles. The van der Waals surface area contributed by atoms with Gasteiger partial charge in [0, 0.05) is 12.3 Å². The lowest BCUT2D eigenvalue weighted by molar-refractivity contribution is 0.0988. The lowest BCUT2D eigenvalue weighted by Gasteiger charge is -2.10. The van der Waals surface area contributed by atoms with E-state index in [9.17, 15) is 0 Å². The number of ether oxygens (including phenoxy) is 2. The Morgan fingerprint density at radius 2 is 1.91 bits per heavy atom. The molecule has 0 aliphatic heterocycles. The number of aliphatic hydroxyl groups excluding tert-OH is 1. The molecule has 0 saturated carbocycles. The fourth-order valence-electron chi connectivity index (χ4n) is 1.89. The standard InChI is InChI=1S/C18H21NO3/c1-2-3-11-21-16-9-10-17(18(12-16)22-14-20)19-13-15-7-5-4-6-8-15/h4-10,12-13,20H,2-3,11,14H2,1H3. The summed E-state index contributed by atoms with van der Waals surface area (Å²) in [5, 5.41) is 9.02. The van der Waals surface area contributed by atoms with Crippen molar-refractivity contribution < 1.29 is 14.6 Å². The molecule has 2 rings (SSSR count). The molecule has 0 atom stereocenters. The van der Waals surface area contributed by atoms with Crippen LogP contribution in [0.4, 0.5) is 5.69 Å². The summed E-state index contributed by atoms with van der Waals surface area (Å²) >= 11 is 0. The van der Waals surface area contributed by atoms with Crippen LogP contribution in [0.1, 0.15) is 25.3 Å². The van der Waals surface area contributed by atoms with Gasteiger partial charge in [-0.05, 0) is 24.1 Å². The minimum atomic E-state index is -0.397. The molecule has 2 aromatic carbocycles. The Labute approximate surface area is 131 Å². The Balaban J connectivity index is 2.14. The van der Waals surface area contributed by atoms with E-state index in [0.717, 1.165) is 24.2 Å². The third-order valence-corrected chi connectivity index (χ3v) is 3.07. The third-order valence-electron chi connectivity index (χ3n) is 3.07. The molecule has 0 unspecified atom stereocenters. The maximum Gasteiger partial charge on any atom is 0.186 e. The molecule has 22 heavy (non-hydrogen) atoms. The van der Waals surface area contributed by atoms with Crippen molar-refractivity contribution in [1.82, 2.24) is 0 Å². The lowest BCUT2D eigenvalue weighted by Crippen LogP contribution is -1.99. The largest absolute Gasteiger partial charge is 0.493 e. The van der Waals surface area contributed by atoms with Crippen molar-refractivity contribution in [2.24, 2.45) is 4.99 Å². The number of unbranched alkanes of at least 4 members (excludes halogenated alkanes) is 1. The van der Waals surface area contributed by atoms with Gasteiger partial charge in [-0.3, -0.25) is 4.99 Å². The molecule has 0 amide bonds. The van der Waals surface area contributed by atoms with Crippen molar-refractivity contribution in [1.29, 1.82) is 0 Å². The molecule has 0 radical (unpaired) electrons. The van der Waals surface area contributed by atoms with E-state index in [4.69, 9.17) is 14.6 Å². The fraction of sp³-hybridized carbons (Fsp3) is 0.278. The van der Waals surface area contributed by atoms with E-state index >= 15 is 0 Å².